The number of nitrogens with two attached hydrogens (primary N) is 1. The Bertz CT molecular complexity index is 589. The maximum Gasteiger partial charge on any atom is 0.319 e. The highest BCUT2D eigenvalue weighted by Crippen LogP contribution is 2.14. The molecule has 6 nitrogen and oxygen atoms in total. The summed E-state index contributed by atoms with van der Waals surface area (Å²) in [6.45, 7) is 5.27. The average Bonchev–Trinajstić information content (AvgIpc) is 2.56. The maximum absolute atomic E-state index is 12.9. The van der Waals surface area contributed by atoms with Crippen molar-refractivity contribution >= 4 is 30.0 Å². The zero-order valence-corrected chi connectivity index (χ0v) is 16.0. The van der Waals surface area contributed by atoms with Gasteiger partial charge in [-0.05, 0) is 49.4 Å². The van der Waals surface area contributed by atoms with E-state index in [-0.39, 0.29) is 36.2 Å². The molecule has 1 saturated heterocycles. The molecule has 1 aromatic rings. The number of halogens is 2. The lowest BCUT2D eigenvalue weighted by Gasteiger charge is -2.34. The fourth-order valence-corrected chi connectivity index (χ4v) is 2.97. The number of hydrogen-bond donors (Lipinski definition) is 3. The second kappa shape index (κ2) is 10.3. The van der Waals surface area contributed by atoms with Gasteiger partial charge in [0, 0.05) is 24.8 Å². The van der Waals surface area contributed by atoms with Crippen LogP contribution in [0.15, 0.2) is 24.3 Å². The molecule has 1 atom stereocenters. The lowest BCUT2D eigenvalue weighted by atomic mass is 10.0. The van der Waals surface area contributed by atoms with Crippen molar-refractivity contribution in [2.75, 3.05) is 18.4 Å². The fraction of sp³-hybridized carbons (Fsp3) is 0.556. The SMILES string of the molecule is CC(C)C[C@H](N)C(=O)N1CCC(NC(=O)Nc2ccc(F)cc2)CC1.Cl. The number of carbonyl (C=O) groups excluding carboxylic acids is 2. The van der Waals surface area contributed by atoms with Crippen LogP contribution in [0.3, 0.4) is 0 Å². The Balaban J connectivity index is 0.00000338. The number of hydrogen-bond acceptors (Lipinski definition) is 3. The normalized spacial score (nSPS) is 16.0. The van der Waals surface area contributed by atoms with Crippen molar-refractivity contribution in [3.05, 3.63) is 30.1 Å². The fourth-order valence-electron chi connectivity index (χ4n) is 2.97. The first kappa shape index (κ1) is 22.2. The van der Waals surface area contributed by atoms with Gasteiger partial charge in [0.1, 0.15) is 5.82 Å². The summed E-state index contributed by atoms with van der Waals surface area (Å²) in [4.78, 5) is 26.1. The van der Waals surface area contributed by atoms with Crippen molar-refractivity contribution in [3.8, 4) is 0 Å². The zero-order chi connectivity index (χ0) is 18.4. The predicted molar refractivity (Wildman–Crippen MR) is 103 cm³/mol. The highest BCUT2D eigenvalue weighted by atomic mass is 35.5. The van der Waals surface area contributed by atoms with Gasteiger partial charge in [-0.15, -0.1) is 12.4 Å². The quantitative estimate of drug-likeness (QED) is 0.727. The van der Waals surface area contributed by atoms with Crippen molar-refractivity contribution in [2.45, 2.75) is 45.2 Å². The third-order valence-corrected chi connectivity index (χ3v) is 4.29. The minimum atomic E-state index is -0.453. The molecule has 0 radical (unpaired) electrons. The minimum Gasteiger partial charge on any atom is -0.341 e. The molecular formula is C18H28ClFN4O2. The van der Waals surface area contributed by atoms with Crippen LogP contribution in [-0.2, 0) is 4.79 Å². The van der Waals surface area contributed by atoms with E-state index in [2.05, 4.69) is 10.6 Å². The lowest BCUT2D eigenvalue weighted by molar-refractivity contribution is -0.134. The number of rotatable bonds is 5. The number of piperidine rings is 1. The largest absolute Gasteiger partial charge is 0.341 e. The Hall–Kier alpha value is -1.86. The van der Waals surface area contributed by atoms with Gasteiger partial charge in [0.2, 0.25) is 5.91 Å². The molecule has 1 aromatic carbocycles. The molecule has 0 spiro atoms. The van der Waals surface area contributed by atoms with Gasteiger partial charge < -0.3 is 21.3 Å². The van der Waals surface area contributed by atoms with Crippen LogP contribution in [0.5, 0.6) is 0 Å². The second-order valence-electron chi connectivity index (χ2n) is 6.94. The summed E-state index contributed by atoms with van der Waals surface area (Å²) in [7, 11) is 0. The Morgan fingerprint density at radius 3 is 2.35 bits per heavy atom. The van der Waals surface area contributed by atoms with Gasteiger partial charge in [0.25, 0.3) is 0 Å². The van der Waals surface area contributed by atoms with E-state index < -0.39 is 6.04 Å². The van der Waals surface area contributed by atoms with Gasteiger partial charge in [-0.3, -0.25) is 4.79 Å². The van der Waals surface area contributed by atoms with Crippen molar-refractivity contribution in [1.82, 2.24) is 10.2 Å². The van der Waals surface area contributed by atoms with Gasteiger partial charge in [0.15, 0.2) is 0 Å². The Morgan fingerprint density at radius 1 is 1.23 bits per heavy atom. The van der Waals surface area contributed by atoms with Crippen LogP contribution < -0.4 is 16.4 Å². The molecule has 146 valence electrons. The number of nitrogens with zero attached hydrogens (tertiary/aromatic N) is 1. The molecule has 1 fully saturated rings. The van der Waals surface area contributed by atoms with Gasteiger partial charge in [-0.2, -0.15) is 0 Å². The van der Waals surface area contributed by atoms with Gasteiger partial charge in [-0.1, -0.05) is 13.8 Å². The number of likely N-dealkylation sites (tertiary alicyclic amines) is 1. The number of benzene rings is 1. The molecule has 2 rings (SSSR count). The molecule has 4 N–H and O–H groups in total. The van der Waals surface area contributed by atoms with Crippen molar-refractivity contribution in [3.63, 3.8) is 0 Å². The number of urea groups is 1. The van der Waals surface area contributed by atoms with E-state index in [1.165, 1.54) is 24.3 Å². The van der Waals surface area contributed by atoms with Crippen molar-refractivity contribution in [2.24, 2.45) is 11.7 Å². The zero-order valence-electron chi connectivity index (χ0n) is 15.2. The molecular weight excluding hydrogens is 359 g/mol. The first-order valence-electron chi connectivity index (χ1n) is 8.72. The van der Waals surface area contributed by atoms with Crippen LogP contribution in [0.1, 0.15) is 33.1 Å². The third-order valence-electron chi connectivity index (χ3n) is 4.29. The summed E-state index contributed by atoms with van der Waals surface area (Å²) in [5.74, 6) is 0.0231. The van der Waals surface area contributed by atoms with Crippen LogP contribution in [-0.4, -0.2) is 42.0 Å². The van der Waals surface area contributed by atoms with Crippen LogP contribution in [0, 0.1) is 11.7 Å². The molecule has 1 heterocycles. The smallest absolute Gasteiger partial charge is 0.319 e. The van der Waals surface area contributed by atoms with Crippen LogP contribution in [0.25, 0.3) is 0 Å². The van der Waals surface area contributed by atoms with Crippen LogP contribution in [0.4, 0.5) is 14.9 Å². The van der Waals surface area contributed by atoms with E-state index >= 15 is 0 Å². The minimum absolute atomic E-state index is 0. The maximum atomic E-state index is 12.9. The van der Waals surface area contributed by atoms with Gasteiger partial charge in [0.05, 0.1) is 6.04 Å². The molecule has 1 aliphatic heterocycles. The highest BCUT2D eigenvalue weighted by Gasteiger charge is 2.27. The summed E-state index contributed by atoms with van der Waals surface area (Å²) in [6, 6.07) is 4.82. The van der Waals surface area contributed by atoms with Crippen molar-refractivity contribution in [1.29, 1.82) is 0 Å². The molecule has 0 bridgehead atoms. The second-order valence-corrected chi connectivity index (χ2v) is 6.94. The molecule has 3 amide bonds. The van der Waals surface area contributed by atoms with E-state index in [0.717, 1.165) is 0 Å². The van der Waals surface area contributed by atoms with E-state index in [9.17, 15) is 14.0 Å². The molecule has 0 unspecified atom stereocenters. The van der Waals surface area contributed by atoms with Crippen LogP contribution in [0.2, 0.25) is 0 Å². The highest BCUT2D eigenvalue weighted by molar-refractivity contribution is 5.89. The van der Waals surface area contributed by atoms with E-state index in [4.69, 9.17) is 5.73 Å². The van der Waals surface area contributed by atoms with Crippen molar-refractivity contribution < 1.29 is 14.0 Å². The summed E-state index contributed by atoms with van der Waals surface area (Å²) >= 11 is 0. The molecule has 0 aromatic heterocycles. The number of nitrogens with one attached hydrogen (secondary N) is 2. The molecule has 26 heavy (non-hydrogen) atoms. The number of amides is 3. The summed E-state index contributed by atoms with van der Waals surface area (Å²) in [6.07, 6.45) is 2.06. The molecule has 8 heteroatoms. The van der Waals surface area contributed by atoms with Gasteiger partial charge >= 0.3 is 6.03 Å². The standard InChI is InChI=1S/C18H27FN4O2.ClH/c1-12(2)11-16(20)17(24)23-9-7-15(8-10-23)22-18(25)21-14-5-3-13(19)4-6-14;/h3-6,12,15-16H,7-11,20H2,1-2H3,(H2,21,22,25);1H/t16-;/m0./s1. The first-order valence-corrected chi connectivity index (χ1v) is 8.72. The summed E-state index contributed by atoms with van der Waals surface area (Å²) < 4.78 is 12.9. The van der Waals surface area contributed by atoms with E-state index in [1.54, 1.807) is 4.90 Å². The third kappa shape index (κ3) is 6.80. The lowest BCUT2D eigenvalue weighted by Crippen LogP contribution is -2.51. The predicted octanol–water partition coefficient (Wildman–Crippen LogP) is 2.73. The van der Waals surface area contributed by atoms with E-state index in [1.807, 2.05) is 13.8 Å². The first-order chi connectivity index (χ1) is 11.8. The van der Waals surface area contributed by atoms with Gasteiger partial charge in [-0.25, -0.2) is 9.18 Å². The molecule has 0 saturated carbocycles. The Kier molecular flexibility index (Phi) is 8.81. The number of anilines is 1. The Morgan fingerprint density at radius 2 is 1.81 bits per heavy atom. The monoisotopic (exact) mass is 386 g/mol. The summed E-state index contributed by atoms with van der Waals surface area (Å²) in [5.41, 5.74) is 6.50. The number of carbonyl (C=O) groups is 2. The van der Waals surface area contributed by atoms with Crippen LogP contribution >= 0.6 is 12.4 Å². The topological polar surface area (TPSA) is 87.5 Å². The summed E-state index contributed by atoms with van der Waals surface area (Å²) in [5, 5.41) is 5.56. The van der Waals surface area contributed by atoms with E-state index in [0.29, 0.717) is 44.0 Å². The molecule has 0 aliphatic carbocycles. The molecule has 1 aliphatic rings. The Labute approximate surface area is 160 Å². The average molecular weight is 387 g/mol.